The average molecular weight is 393 g/mol. The average Bonchev–Trinajstić information content (AvgIpc) is 3.16. The number of aromatic nitrogens is 4. The molecule has 0 aliphatic heterocycles. The summed E-state index contributed by atoms with van der Waals surface area (Å²) in [6.07, 6.45) is -1.69. The molecule has 0 unspecified atom stereocenters. The molecule has 1 amide bonds. The highest BCUT2D eigenvalue weighted by Crippen LogP contribution is 2.26. The third-order valence-corrected chi connectivity index (χ3v) is 3.56. The number of halogens is 3. The zero-order valence-corrected chi connectivity index (χ0v) is 14.3. The molecule has 0 atom stereocenters. The Kier molecular flexibility index (Phi) is 5.43. The summed E-state index contributed by atoms with van der Waals surface area (Å²) in [5.41, 5.74) is -0.370. The number of hydrogen-bond acceptors (Lipinski definition) is 5. The van der Waals surface area contributed by atoms with Crippen LogP contribution in [0.2, 0.25) is 0 Å². The van der Waals surface area contributed by atoms with Crippen LogP contribution in [-0.4, -0.2) is 31.8 Å². The molecule has 0 radical (unpaired) electrons. The molecule has 1 aromatic carbocycles. The Morgan fingerprint density at radius 3 is 2.64 bits per heavy atom. The summed E-state index contributed by atoms with van der Waals surface area (Å²) in [4.78, 5) is 24.0. The van der Waals surface area contributed by atoms with Crippen LogP contribution in [0, 0.1) is 0 Å². The van der Waals surface area contributed by atoms with Crippen molar-refractivity contribution in [2.24, 2.45) is 0 Å². The lowest BCUT2D eigenvalue weighted by Gasteiger charge is -2.13. The first kappa shape index (κ1) is 19.1. The maximum atomic E-state index is 12.4. The smallest absolute Gasteiger partial charge is 0.405 e. The van der Waals surface area contributed by atoms with Crippen LogP contribution in [0.15, 0.2) is 59.7 Å². The molecule has 8 nitrogen and oxygen atoms in total. The van der Waals surface area contributed by atoms with E-state index in [0.717, 1.165) is 10.7 Å². The van der Waals surface area contributed by atoms with Gasteiger partial charge in [0.05, 0.1) is 0 Å². The summed E-state index contributed by atoms with van der Waals surface area (Å²) in [7, 11) is 0. The van der Waals surface area contributed by atoms with Crippen molar-refractivity contribution in [3.8, 4) is 11.6 Å². The number of benzene rings is 1. The van der Waals surface area contributed by atoms with Gasteiger partial charge >= 0.3 is 6.36 Å². The minimum atomic E-state index is -4.84. The van der Waals surface area contributed by atoms with Gasteiger partial charge < -0.3 is 10.1 Å². The quantitative estimate of drug-likeness (QED) is 0.688. The van der Waals surface area contributed by atoms with E-state index in [0.29, 0.717) is 5.82 Å². The number of carbonyl (C=O) groups excluding carboxylic acids is 1. The fourth-order valence-corrected chi connectivity index (χ4v) is 2.34. The fraction of sp³-hybridized carbons (Fsp3) is 0.176. The standard InChI is InChI=1S/C17H14F3N5O3/c18-17(19,20)28-13-5-2-1-4-12(13)10-21-15(26)11-25-16(27)7-6-14(23-25)24-9-3-8-22-24/h1-9H,10-11H2,(H,21,26). The summed E-state index contributed by atoms with van der Waals surface area (Å²) in [6, 6.07) is 9.81. The Hall–Kier alpha value is -3.63. The maximum Gasteiger partial charge on any atom is 0.573 e. The van der Waals surface area contributed by atoms with Gasteiger partial charge in [0.15, 0.2) is 5.82 Å². The van der Waals surface area contributed by atoms with Gasteiger partial charge in [-0.15, -0.1) is 18.3 Å². The molecule has 0 saturated heterocycles. The minimum Gasteiger partial charge on any atom is -0.405 e. The second-order valence-electron chi connectivity index (χ2n) is 5.57. The Labute approximate surface area is 156 Å². The van der Waals surface area contributed by atoms with Crippen molar-refractivity contribution < 1.29 is 22.7 Å². The predicted molar refractivity (Wildman–Crippen MR) is 90.6 cm³/mol. The van der Waals surface area contributed by atoms with Crippen LogP contribution in [0.1, 0.15) is 5.56 Å². The van der Waals surface area contributed by atoms with Crippen LogP contribution in [0.25, 0.3) is 5.82 Å². The van der Waals surface area contributed by atoms with Crippen LogP contribution in [0.3, 0.4) is 0 Å². The van der Waals surface area contributed by atoms with Gasteiger partial charge in [-0.1, -0.05) is 18.2 Å². The SMILES string of the molecule is O=C(Cn1nc(-n2cccn2)ccc1=O)NCc1ccccc1OC(F)(F)F. The van der Waals surface area contributed by atoms with Crippen molar-refractivity contribution in [1.29, 1.82) is 0 Å². The van der Waals surface area contributed by atoms with Crippen molar-refractivity contribution in [2.45, 2.75) is 19.5 Å². The van der Waals surface area contributed by atoms with E-state index < -0.39 is 30.1 Å². The number of nitrogens with one attached hydrogen (secondary N) is 1. The predicted octanol–water partition coefficient (Wildman–Crippen LogP) is 1.64. The molecule has 0 bridgehead atoms. The van der Waals surface area contributed by atoms with Crippen LogP contribution in [0.4, 0.5) is 13.2 Å². The summed E-state index contributed by atoms with van der Waals surface area (Å²) < 4.78 is 43.6. The van der Waals surface area contributed by atoms with Crippen LogP contribution < -0.4 is 15.6 Å². The Morgan fingerprint density at radius 1 is 1.14 bits per heavy atom. The molecular weight excluding hydrogens is 379 g/mol. The van der Waals surface area contributed by atoms with E-state index >= 15 is 0 Å². The molecule has 2 aromatic heterocycles. The van der Waals surface area contributed by atoms with Crippen LogP contribution in [-0.2, 0) is 17.9 Å². The van der Waals surface area contributed by atoms with E-state index in [1.165, 1.54) is 41.2 Å². The van der Waals surface area contributed by atoms with Gasteiger partial charge in [0.1, 0.15) is 12.3 Å². The number of hydrogen-bond donors (Lipinski definition) is 1. The molecule has 1 N–H and O–H groups in total. The van der Waals surface area contributed by atoms with Crippen LogP contribution in [0.5, 0.6) is 5.75 Å². The summed E-state index contributed by atoms with van der Waals surface area (Å²) in [5.74, 6) is -0.679. The molecule has 0 spiro atoms. The van der Waals surface area contributed by atoms with Crippen molar-refractivity contribution in [1.82, 2.24) is 24.9 Å². The highest BCUT2D eigenvalue weighted by atomic mass is 19.4. The molecule has 28 heavy (non-hydrogen) atoms. The van der Waals surface area contributed by atoms with Gasteiger partial charge in [0.25, 0.3) is 5.56 Å². The van der Waals surface area contributed by atoms with Crippen LogP contribution >= 0.6 is 0 Å². The number of amides is 1. The lowest BCUT2D eigenvalue weighted by Crippen LogP contribution is -2.33. The van der Waals surface area contributed by atoms with Gasteiger partial charge in [0.2, 0.25) is 5.91 Å². The third-order valence-electron chi connectivity index (χ3n) is 3.56. The highest BCUT2D eigenvalue weighted by molar-refractivity contribution is 5.75. The highest BCUT2D eigenvalue weighted by Gasteiger charge is 2.31. The van der Waals surface area contributed by atoms with Gasteiger partial charge in [-0.2, -0.15) is 5.10 Å². The van der Waals surface area contributed by atoms with E-state index in [2.05, 4.69) is 20.3 Å². The fourth-order valence-electron chi connectivity index (χ4n) is 2.34. The zero-order valence-electron chi connectivity index (χ0n) is 14.3. The first-order valence-corrected chi connectivity index (χ1v) is 8.00. The van der Waals surface area contributed by atoms with E-state index in [-0.39, 0.29) is 12.1 Å². The number of para-hydroxylation sites is 1. The number of carbonyl (C=O) groups is 1. The van der Waals surface area contributed by atoms with Gasteiger partial charge in [-0.3, -0.25) is 9.59 Å². The number of nitrogens with zero attached hydrogens (tertiary/aromatic N) is 4. The molecule has 3 rings (SSSR count). The Bertz CT molecular complexity index is 1020. The van der Waals surface area contributed by atoms with Crippen molar-refractivity contribution in [3.63, 3.8) is 0 Å². The van der Waals surface area contributed by atoms with E-state index in [9.17, 15) is 22.8 Å². The molecule has 11 heteroatoms. The van der Waals surface area contributed by atoms with E-state index in [1.807, 2.05) is 0 Å². The van der Waals surface area contributed by atoms with Gasteiger partial charge in [-0.25, -0.2) is 9.36 Å². The molecular formula is C17H14F3N5O3. The second-order valence-corrected chi connectivity index (χ2v) is 5.57. The Morgan fingerprint density at radius 2 is 1.93 bits per heavy atom. The third kappa shape index (κ3) is 4.96. The lowest BCUT2D eigenvalue weighted by atomic mass is 10.2. The molecule has 3 aromatic rings. The first-order valence-electron chi connectivity index (χ1n) is 8.00. The maximum absolute atomic E-state index is 12.4. The monoisotopic (exact) mass is 393 g/mol. The largest absolute Gasteiger partial charge is 0.573 e. The number of ether oxygens (including phenoxy) is 1. The number of rotatable bonds is 6. The zero-order chi connectivity index (χ0) is 20.1. The van der Waals surface area contributed by atoms with Gasteiger partial charge in [-0.05, 0) is 18.2 Å². The molecule has 0 fully saturated rings. The Balaban J connectivity index is 1.67. The van der Waals surface area contributed by atoms with Gasteiger partial charge in [0, 0.05) is 30.6 Å². The lowest BCUT2D eigenvalue weighted by molar-refractivity contribution is -0.274. The normalized spacial score (nSPS) is 11.2. The second kappa shape index (κ2) is 7.94. The molecule has 0 aliphatic carbocycles. The molecule has 0 saturated carbocycles. The molecule has 146 valence electrons. The molecule has 2 heterocycles. The molecule has 0 aliphatic rings. The van der Waals surface area contributed by atoms with Crippen molar-refractivity contribution >= 4 is 5.91 Å². The minimum absolute atomic E-state index is 0.138. The topological polar surface area (TPSA) is 91.0 Å². The summed E-state index contributed by atoms with van der Waals surface area (Å²) in [6.45, 7) is -0.616. The number of alkyl halides is 3. The summed E-state index contributed by atoms with van der Waals surface area (Å²) in [5, 5.41) is 10.5. The first-order chi connectivity index (χ1) is 13.3. The van der Waals surface area contributed by atoms with Crippen molar-refractivity contribution in [2.75, 3.05) is 0 Å². The van der Waals surface area contributed by atoms with E-state index in [1.54, 1.807) is 12.3 Å². The summed E-state index contributed by atoms with van der Waals surface area (Å²) >= 11 is 0. The van der Waals surface area contributed by atoms with Crippen molar-refractivity contribution in [3.05, 3.63) is 70.8 Å². The van der Waals surface area contributed by atoms with E-state index in [4.69, 9.17) is 0 Å².